The number of benzene rings is 1. The molecule has 1 unspecified atom stereocenters. The van der Waals surface area contributed by atoms with Crippen LogP contribution in [-0.2, 0) is 9.59 Å². The van der Waals surface area contributed by atoms with E-state index >= 15 is 0 Å². The van der Waals surface area contributed by atoms with Crippen LogP contribution in [0.1, 0.15) is 24.9 Å². The molecule has 30 heavy (non-hydrogen) atoms. The van der Waals surface area contributed by atoms with Crippen molar-refractivity contribution < 1.29 is 19.1 Å². The number of carboxylic acid groups (broad SMARTS) is 1. The first-order chi connectivity index (χ1) is 14.3. The molecule has 1 aromatic heterocycles. The summed E-state index contributed by atoms with van der Waals surface area (Å²) in [4.78, 5) is 28.6. The van der Waals surface area contributed by atoms with E-state index in [-0.39, 0.29) is 17.4 Å². The van der Waals surface area contributed by atoms with Crippen LogP contribution in [0.15, 0.2) is 74.0 Å². The summed E-state index contributed by atoms with van der Waals surface area (Å²) >= 11 is 7.46. The van der Waals surface area contributed by atoms with Gasteiger partial charge in [-0.1, -0.05) is 35.9 Å². The van der Waals surface area contributed by atoms with Gasteiger partial charge in [-0.3, -0.25) is 9.59 Å². The molecular weight excluding hydrogens is 424 g/mol. The number of rotatable bonds is 4. The molecule has 1 aliphatic heterocycles. The Labute approximate surface area is 182 Å². The molecule has 4 rings (SSSR count). The Morgan fingerprint density at radius 3 is 2.77 bits per heavy atom. The lowest BCUT2D eigenvalue weighted by atomic mass is 9.81. The summed E-state index contributed by atoms with van der Waals surface area (Å²) in [5.74, 6) is -0.166. The molecule has 152 valence electrons. The number of carbonyl (C=O) groups excluding carboxylic acids is 1. The number of aliphatic carboxylic acids is 1. The zero-order valence-corrected chi connectivity index (χ0v) is 17.5. The summed E-state index contributed by atoms with van der Waals surface area (Å²) in [5, 5.41) is 12.9. The van der Waals surface area contributed by atoms with Crippen molar-refractivity contribution in [1.29, 1.82) is 0 Å². The first kappa shape index (κ1) is 20.3. The number of allylic oxidation sites excluding steroid dienone is 3. The van der Waals surface area contributed by atoms with Crippen LogP contribution in [0.5, 0.6) is 0 Å². The van der Waals surface area contributed by atoms with E-state index in [1.54, 1.807) is 37.3 Å². The summed E-state index contributed by atoms with van der Waals surface area (Å²) in [6.07, 6.45) is 5.31. The van der Waals surface area contributed by atoms with Gasteiger partial charge in [-0.05, 0) is 55.4 Å². The number of carboxylic acids is 1. The van der Waals surface area contributed by atoms with Gasteiger partial charge in [0.05, 0.1) is 10.6 Å². The van der Waals surface area contributed by atoms with Crippen LogP contribution in [0.25, 0.3) is 11.6 Å². The van der Waals surface area contributed by atoms with Crippen molar-refractivity contribution in [3.8, 4) is 0 Å². The van der Waals surface area contributed by atoms with Crippen molar-refractivity contribution in [3.05, 3.63) is 76.1 Å². The maximum atomic E-state index is 12.2. The van der Waals surface area contributed by atoms with E-state index in [1.165, 1.54) is 11.8 Å². The van der Waals surface area contributed by atoms with E-state index in [9.17, 15) is 14.7 Å². The fraction of sp³-hybridized carbons (Fsp3) is 0.136. The van der Waals surface area contributed by atoms with Gasteiger partial charge in [-0.15, -0.1) is 0 Å². The van der Waals surface area contributed by atoms with Crippen LogP contribution >= 0.6 is 23.4 Å². The summed E-state index contributed by atoms with van der Waals surface area (Å²) in [6, 6.07) is 12.9. The van der Waals surface area contributed by atoms with Gasteiger partial charge < -0.3 is 14.8 Å². The molecule has 0 radical (unpaired) electrons. The van der Waals surface area contributed by atoms with Crippen LogP contribution in [0.2, 0.25) is 0 Å². The molecule has 2 aliphatic rings. The lowest BCUT2D eigenvalue weighted by molar-refractivity contribution is -0.145. The van der Waals surface area contributed by atoms with Crippen molar-refractivity contribution in [3.63, 3.8) is 0 Å². The molecule has 0 bridgehead atoms. The maximum absolute atomic E-state index is 12.2. The lowest BCUT2D eigenvalue weighted by Gasteiger charge is -2.26. The van der Waals surface area contributed by atoms with Gasteiger partial charge >= 0.3 is 5.97 Å². The van der Waals surface area contributed by atoms with Crippen LogP contribution in [0, 0.1) is 5.41 Å². The summed E-state index contributed by atoms with van der Waals surface area (Å²) in [7, 11) is 0. The van der Waals surface area contributed by atoms with Crippen molar-refractivity contribution >= 4 is 57.7 Å². The molecule has 0 spiro atoms. The average Bonchev–Trinajstić information content (AvgIpc) is 3.32. The number of carbonyl (C=O) groups is 2. The molecule has 8 heteroatoms. The quantitative estimate of drug-likeness (QED) is 0.639. The highest BCUT2D eigenvalue weighted by molar-refractivity contribution is 8.18. The third-order valence-corrected chi connectivity index (χ3v) is 6.27. The van der Waals surface area contributed by atoms with Gasteiger partial charge in [-0.2, -0.15) is 0 Å². The number of nitrogens with zero attached hydrogens (tertiary/aromatic N) is 1. The molecule has 1 fully saturated rings. The molecular formula is C22H17ClN2O4S. The predicted octanol–water partition coefficient (Wildman–Crippen LogP) is 5.17. The van der Waals surface area contributed by atoms with Crippen molar-refractivity contribution in [1.82, 2.24) is 5.32 Å². The number of amides is 1. The standard InChI is InChI=1S/C22H17ClN2O4S/c1-22(20(27)28)10-9-13(11-18(22)23)16-8-7-15(29-16)12-17-19(26)25-21(30-17)24-14-5-3-2-4-6-14/h2-9,11-12H,10H2,1H3,(H,27,28)(H,24,25,26)/b17-12+. The van der Waals surface area contributed by atoms with Gasteiger partial charge in [0.25, 0.3) is 5.91 Å². The van der Waals surface area contributed by atoms with Gasteiger partial charge in [0.2, 0.25) is 0 Å². The van der Waals surface area contributed by atoms with E-state index < -0.39 is 11.4 Å². The zero-order chi connectivity index (χ0) is 21.3. The number of hydrogen-bond donors (Lipinski definition) is 2. The Balaban J connectivity index is 1.52. The van der Waals surface area contributed by atoms with Crippen LogP contribution < -0.4 is 5.32 Å². The number of aliphatic imine (C=N–C) groups is 1. The molecule has 0 saturated carbocycles. The predicted molar refractivity (Wildman–Crippen MR) is 118 cm³/mol. The Morgan fingerprint density at radius 2 is 2.07 bits per heavy atom. The summed E-state index contributed by atoms with van der Waals surface area (Å²) in [6.45, 7) is 1.59. The highest BCUT2D eigenvalue weighted by Gasteiger charge is 2.38. The van der Waals surface area contributed by atoms with Gasteiger partial charge in [0.15, 0.2) is 5.17 Å². The Hall–Kier alpha value is -3.03. The molecule has 1 aliphatic carbocycles. The summed E-state index contributed by atoms with van der Waals surface area (Å²) in [5.41, 5.74) is 0.330. The highest BCUT2D eigenvalue weighted by atomic mass is 35.5. The molecule has 6 nitrogen and oxygen atoms in total. The van der Waals surface area contributed by atoms with Crippen LogP contribution in [0.3, 0.4) is 0 Å². The molecule has 2 heterocycles. The van der Waals surface area contributed by atoms with Crippen LogP contribution in [0.4, 0.5) is 5.69 Å². The van der Waals surface area contributed by atoms with E-state index in [1.807, 2.05) is 30.3 Å². The Kier molecular flexibility index (Phi) is 5.40. The topological polar surface area (TPSA) is 91.9 Å². The monoisotopic (exact) mass is 440 g/mol. The van der Waals surface area contributed by atoms with Crippen molar-refractivity contribution in [2.45, 2.75) is 13.3 Å². The highest BCUT2D eigenvalue weighted by Crippen LogP contribution is 2.41. The minimum Gasteiger partial charge on any atom is -0.481 e. The van der Waals surface area contributed by atoms with Gasteiger partial charge in [0.1, 0.15) is 16.9 Å². The normalized spacial score (nSPS) is 24.0. The van der Waals surface area contributed by atoms with Gasteiger partial charge in [-0.25, -0.2) is 4.99 Å². The number of para-hydroxylation sites is 1. The SMILES string of the molecule is CC1(C(=O)O)CC=C(c2ccc(/C=C3/SC(=Nc4ccccc4)NC3=O)o2)C=C1Cl. The number of furan rings is 1. The maximum Gasteiger partial charge on any atom is 0.315 e. The van der Waals surface area contributed by atoms with Crippen molar-refractivity contribution in [2.24, 2.45) is 10.4 Å². The Bertz CT molecular complexity index is 1150. The summed E-state index contributed by atoms with van der Waals surface area (Å²) < 4.78 is 5.84. The molecule has 2 aromatic rings. The lowest BCUT2D eigenvalue weighted by Crippen LogP contribution is -2.28. The van der Waals surface area contributed by atoms with E-state index in [4.69, 9.17) is 16.0 Å². The van der Waals surface area contributed by atoms with Gasteiger partial charge in [0, 0.05) is 16.7 Å². The molecule has 2 N–H and O–H groups in total. The smallest absolute Gasteiger partial charge is 0.315 e. The fourth-order valence-electron chi connectivity index (χ4n) is 2.94. The number of hydrogen-bond acceptors (Lipinski definition) is 5. The van der Waals surface area contributed by atoms with Crippen molar-refractivity contribution in [2.75, 3.05) is 0 Å². The molecule has 1 saturated heterocycles. The second kappa shape index (κ2) is 8.01. The minimum absolute atomic E-state index is 0.246. The second-order valence-electron chi connectivity index (χ2n) is 7.01. The number of amidine groups is 1. The third-order valence-electron chi connectivity index (χ3n) is 4.83. The van der Waals surface area contributed by atoms with E-state index in [2.05, 4.69) is 10.3 Å². The third kappa shape index (κ3) is 3.99. The van der Waals surface area contributed by atoms with E-state index in [0.717, 1.165) is 5.69 Å². The number of thioether (sulfide) groups is 1. The Morgan fingerprint density at radius 1 is 1.30 bits per heavy atom. The first-order valence-electron chi connectivity index (χ1n) is 9.11. The zero-order valence-electron chi connectivity index (χ0n) is 15.9. The first-order valence-corrected chi connectivity index (χ1v) is 10.3. The minimum atomic E-state index is -1.13. The molecule has 1 atom stereocenters. The number of nitrogens with one attached hydrogen (secondary N) is 1. The molecule has 1 aromatic carbocycles. The second-order valence-corrected chi connectivity index (χ2v) is 8.45. The van der Waals surface area contributed by atoms with E-state index in [0.29, 0.717) is 27.2 Å². The largest absolute Gasteiger partial charge is 0.481 e. The van der Waals surface area contributed by atoms with Crippen LogP contribution in [-0.4, -0.2) is 22.2 Å². The number of halogens is 1. The average molecular weight is 441 g/mol. The molecule has 1 amide bonds. The fourth-order valence-corrected chi connectivity index (χ4v) is 4.04.